The van der Waals surface area contributed by atoms with E-state index in [0.717, 1.165) is 18.7 Å². The van der Waals surface area contributed by atoms with Gasteiger partial charge in [-0.2, -0.15) is 0 Å². The molecular formula is C11H19N3O. The first-order valence-electron chi connectivity index (χ1n) is 5.47. The van der Waals surface area contributed by atoms with Gasteiger partial charge in [-0.1, -0.05) is 20.3 Å². The molecule has 15 heavy (non-hydrogen) atoms. The van der Waals surface area contributed by atoms with E-state index >= 15 is 0 Å². The SMILES string of the molecule is CCC(C)CC(=O)NCCc1ncc[nH]1. The maximum atomic E-state index is 11.4. The second-order valence-electron chi connectivity index (χ2n) is 3.85. The molecule has 0 bridgehead atoms. The van der Waals surface area contributed by atoms with Gasteiger partial charge in [0.2, 0.25) is 5.91 Å². The third-order valence-corrected chi connectivity index (χ3v) is 2.47. The lowest BCUT2D eigenvalue weighted by Gasteiger charge is -2.08. The van der Waals surface area contributed by atoms with Gasteiger partial charge in [0, 0.05) is 31.8 Å². The molecule has 1 aromatic heterocycles. The number of amides is 1. The van der Waals surface area contributed by atoms with Gasteiger partial charge in [-0.15, -0.1) is 0 Å². The van der Waals surface area contributed by atoms with E-state index in [1.54, 1.807) is 12.4 Å². The summed E-state index contributed by atoms with van der Waals surface area (Å²) in [5.74, 6) is 1.52. The highest BCUT2D eigenvalue weighted by molar-refractivity contribution is 5.76. The van der Waals surface area contributed by atoms with Gasteiger partial charge in [-0.25, -0.2) is 4.98 Å². The maximum Gasteiger partial charge on any atom is 0.220 e. The molecule has 1 rings (SSSR count). The molecule has 0 saturated heterocycles. The van der Waals surface area contributed by atoms with E-state index in [2.05, 4.69) is 29.1 Å². The summed E-state index contributed by atoms with van der Waals surface area (Å²) in [6, 6.07) is 0. The van der Waals surface area contributed by atoms with Crippen molar-refractivity contribution < 1.29 is 4.79 Å². The number of aromatic nitrogens is 2. The number of nitrogens with one attached hydrogen (secondary N) is 2. The summed E-state index contributed by atoms with van der Waals surface area (Å²) in [5, 5.41) is 2.89. The Hall–Kier alpha value is -1.32. The fourth-order valence-electron chi connectivity index (χ4n) is 1.29. The van der Waals surface area contributed by atoms with Gasteiger partial charge < -0.3 is 10.3 Å². The van der Waals surface area contributed by atoms with Crippen LogP contribution < -0.4 is 5.32 Å². The molecule has 0 aliphatic heterocycles. The van der Waals surface area contributed by atoms with Crippen molar-refractivity contribution in [2.75, 3.05) is 6.54 Å². The highest BCUT2D eigenvalue weighted by atomic mass is 16.1. The highest BCUT2D eigenvalue weighted by Crippen LogP contribution is 2.05. The molecule has 0 radical (unpaired) electrons. The van der Waals surface area contributed by atoms with Crippen LogP contribution in [-0.2, 0) is 11.2 Å². The zero-order valence-electron chi connectivity index (χ0n) is 9.42. The number of nitrogens with zero attached hydrogens (tertiary/aromatic N) is 1. The lowest BCUT2D eigenvalue weighted by Crippen LogP contribution is -2.27. The third-order valence-electron chi connectivity index (χ3n) is 2.47. The molecule has 84 valence electrons. The second kappa shape index (κ2) is 6.22. The molecule has 1 heterocycles. The number of rotatable bonds is 6. The fourth-order valence-corrected chi connectivity index (χ4v) is 1.29. The van der Waals surface area contributed by atoms with E-state index in [4.69, 9.17) is 0 Å². The van der Waals surface area contributed by atoms with Crippen LogP contribution in [-0.4, -0.2) is 22.4 Å². The summed E-state index contributed by atoms with van der Waals surface area (Å²) in [7, 11) is 0. The van der Waals surface area contributed by atoms with Gasteiger partial charge in [-0.05, 0) is 5.92 Å². The highest BCUT2D eigenvalue weighted by Gasteiger charge is 2.06. The molecule has 0 spiro atoms. The minimum absolute atomic E-state index is 0.135. The molecule has 4 nitrogen and oxygen atoms in total. The van der Waals surface area contributed by atoms with Crippen molar-refractivity contribution in [1.29, 1.82) is 0 Å². The summed E-state index contributed by atoms with van der Waals surface area (Å²) in [6.45, 7) is 4.84. The molecular weight excluding hydrogens is 190 g/mol. The Kier molecular flexibility index (Phi) is 4.87. The zero-order chi connectivity index (χ0) is 11.1. The summed E-state index contributed by atoms with van der Waals surface area (Å²) in [4.78, 5) is 18.5. The van der Waals surface area contributed by atoms with Gasteiger partial charge in [0.15, 0.2) is 0 Å². The van der Waals surface area contributed by atoms with Crippen LogP contribution in [0.3, 0.4) is 0 Å². The molecule has 1 amide bonds. The van der Waals surface area contributed by atoms with Gasteiger partial charge in [0.25, 0.3) is 0 Å². The summed E-state index contributed by atoms with van der Waals surface area (Å²) >= 11 is 0. The summed E-state index contributed by atoms with van der Waals surface area (Å²) in [5.41, 5.74) is 0. The number of H-pyrrole nitrogens is 1. The molecule has 0 fully saturated rings. The Morgan fingerprint density at radius 2 is 2.47 bits per heavy atom. The van der Waals surface area contributed by atoms with Gasteiger partial charge in [-0.3, -0.25) is 4.79 Å². The largest absolute Gasteiger partial charge is 0.356 e. The van der Waals surface area contributed by atoms with Gasteiger partial charge in [0.1, 0.15) is 5.82 Å². The minimum Gasteiger partial charge on any atom is -0.356 e. The average Bonchev–Trinajstić information content (AvgIpc) is 2.70. The first kappa shape index (κ1) is 11.8. The number of aromatic amines is 1. The zero-order valence-corrected chi connectivity index (χ0v) is 9.42. The van der Waals surface area contributed by atoms with Crippen molar-refractivity contribution >= 4 is 5.91 Å². The molecule has 1 unspecified atom stereocenters. The van der Waals surface area contributed by atoms with Crippen LogP contribution in [0.15, 0.2) is 12.4 Å². The quantitative estimate of drug-likeness (QED) is 0.746. The van der Waals surface area contributed by atoms with E-state index in [0.29, 0.717) is 18.9 Å². The number of carbonyl (C=O) groups excluding carboxylic acids is 1. The topological polar surface area (TPSA) is 57.8 Å². The molecule has 4 heteroatoms. The predicted octanol–water partition coefficient (Wildman–Crippen LogP) is 1.50. The minimum atomic E-state index is 0.135. The van der Waals surface area contributed by atoms with Crippen LogP contribution >= 0.6 is 0 Å². The Labute approximate surface area is 90.5 Å². The fraction of sp³-hybridized carbons (Fsp3) is 0.636. The Balaban J connectivity index is 2.12. The maximum absolute atomic E-state index is 11.4. The molecule has 0 aliphatic rings. The normalized spacial score (nSPS) is 12.4. The number of imidazole rings is 1. The van der Waals surface area contributed by atoms with Crippen LogP contribution in [0.2, 0.25) is 0 Å². The van der Waals surface area contributed by atoms with Crippen LogP contribution in [0, 0.1) is 5.92 Å². The van der Waals surface area contributed by atoms with Crippen LogP contribution in [0.4, 0.5) is 0 Å². The monoisotopic (exact) mass is 209 g/mol. The van der Waals surface area contributed by atoms with E-state index in [1.165, 1.54) is 0 Å². The van der Waals surface area contributed by atoms with Crippen molar-refractivity contribution in [2.45, 2.75) is 33.1 Å². The van der Waals surface area contributed by atoms with Crippen LogP contribution in [0.5, 0.6) is 0 Å². The second-order valence-corrected chi connectivity index (χ2v) is 3.85. The molecule has 0 aromatic carbocycles. The standard InChI is InChI=1S/C11H19N3O/c1-3-9(2)8-11(15)14-5-4-10-12-6-7-13-10/h6-7,9H,3-5,8H2,1-2H3,(H,12,13)(H,14,15). The lowest BCUT2D eigenvalue weighted by atomic mass is 10.1. The molecule has 1 atom stereocenters. The van der Waals surface area contributed by atoms with E-state index < -0.39 is 0 Å². The smallest absolute Gasteiger partial charge is 0.220 e. The van der Waals surface area contributed by atoms with Crippen molar-refractivity contribution in [2.24, 2.45) is 5.92 Å². The van der Waals surface area contributed by atoms with Crippen molar-refractivity contribution in [3.8, 4) is 0 Å². The molecule has 1 aromatic rings. The number of carbonyl (C=O) groups is 1. The third kappa shape index (κ3) is 4.63. The van der Waals surface area contributed by atoms with Crippen molar-refractivity contribution in [1.82, 2.24) is 15.3 Å². The van der Waals surface area contributed by atoms with E-state index in [9.17, 15) is 4.79 Å². The van der Waals surface area contributed by atoms with Gasteiger partial charge >= 0.3 is 0 Å². The molecule has 2 N–H and O–H groups in total. The first-order valence-corrected chi connectivity index (χ1v) is 5.47. The van der Waals surface area contributed by atoms with E-state index in [1.807, 2.05) is 0 Å². The van der Waals surface area contributed by atoms with Crippen LogP contribution in [0.25, 0.3) is 0 Å². The molecule has 0 aliphatic carbocycles. The lowest BCUT2D eigenvalue weighted by molar-refractivity contribution is -0.121. The Morgan fingerprint density at radius 3 is 3.07 bits per heavy atom. The summed E-state index contributed by atoms with van der Waals surface area (Å²) < 4.78 is 0. The summed E-state index contributed by atoms with van der Waals surface area (Å²) in [6.07, 6.45) is 5.94. The van der Waals surface area contributed by atoms with Crippen molar-refractivity contribution in [3.05, 3.63) is 18.2 Å². The first-order chi connectivity index (χ1) is 7.22. The van der Waals surface area contributed by atoms with E-state index in [-0.39, 0.29) is 5.91 Å². The van der Waals surface area contributed by atoms with Crippen LogP contribution in [0.1, 0.15) is 32.5 Å². The van der Waals surface area contributed by atoms with Crippen molar-refractivity contribution in [3.63, 3.8) is 0 Å². The molecule has 0 saturated carbocycles. The average molecular weight is 209 g/mol. The Morgan fingerprint density at radius 1 is 1.67 bits per heavy atom. The van der Waals surface area contributed by atoms with Gasteiger partial charge in [0.05, 0.1) is 0 Å². The number of hydrogen-bond donors (Lipinski definition) is 2. The number of hydrogen-bond acceptors (Lipinski definition) is 2. The Bertz CT molecular complexity index is 282. The predicted molar refractivity (Wildman–Crippen MR) is 59.4 cm³/mol.